The van der Waals surface area contributed by atoms with E-state index in [1.807, 2.05) is 27.7 Å². The van der Waals surface area contributed by atoms with E-state index in [2.05, 4.69) is 15.9 Å². The molecule has 3 nitrogen and oxygen atoms in total. The summed E-state index contributed by atoms with van der Waals surface area (Å²) in [5, 5.41) is 0.250. The molecule has 1 aliphatic heterocycles. The molecule has 0 radical (unpaired) electrons. The largest absolute Gasteiger partial charge is 0.444 e. The van der Waals surface area contributed by atoms with Gasteiger partial charge in [-0.15, -0.1) is 0 Å². The van der Waals surface area contributed by atoms with Crippen LogP contribution in [0.25, 0.3) is 0 Å². The first-order chi connectivity index (χ1) is 7.68. The van der Waals surface area contributed by atoms with Gasteiger partial charge in [0, 0.05) is 11.9 Å². The van der Waals surface area contributed by atoms with Gasteiger partial charge in [0.15, 0.2) is 0 Å². The van der Waals surface area contributed by atoms with E-state index < -0.39 is 17.4 Å². The van der Waals surface area contributed by atoms with E-state index >= 15 is 0 Å². The lowest BCUT2D eigenvalue weighted by Gasteiger charge is -2.41. The van der Waals surface area contributed by atoms with Crippen molar-refractivity contribution in [1.82, 2.24) is 4.90 Å². The third kappa shape index (κ3) is 3.83. The molecular formula is C12H21BrFNO2. The van der Waals surface area contributed by atoms with Crippen LogP contribution in [0.1, 0.15) is 34.1 Å². The summed E-state index contributed by atoms with van der Waals surface area (Å²) in [5.74, 6) is -0.0411. The summed E-state index contributed by atoms with van der Waals surface area (Å²) in [6.07, 6.45) is 0.244. The summed E-state index contributed by atoms with van der Waals surface area (Å²) in [7, 11) is 0. The van der Waals surface area contributed by atoms with Gasteiger partial charge < -0.3 is 9.64 Å². The molecule has 1 aliphatic rings. The third-order valence-corrected chi connectivity index (χ3v) is 3.97. The second-order valence-electron chi connectivity index (χ2n) is 5.76. The van der Waals surface area contributed by atoms with Crippen LogP contribution in [0.2, 0.25) is 0 Å². The van der Waals surface area contributed by atoms with Gasteiger partial charge in [-0.3, -0.25) is 0 Å². The van der Waals surface area contributed by atoms with Crippen LogP contribution in [0.4, 0.5) is 9.18 Å². The van der Waals surface area contributed by atoms with Crippen molar-refractivity contribution >= 4 is 22.0 Å². The van der Waals surface area contributed by atoms with E-state index in [-0.39, 0.29) is 17.8 Å². The topological polar surface area (TPSA) is 29.5 Å². The minimum absolute atomic E-state index is 0.0411. The quantitative estimate of drug-likeness (QED) is 0.695. The van der Waals surface area contributed by atoms with Crippen molar-refractivity contribution in [2.75, 3.05) is 18.4 Å². The molecule has 0 aromatic heterocycles. The molecule has 5 heteroatoms. The molecule has 0 N–H and O–H groups in total. The molecule has 1 amide bonds. The molecule has 0 bridgehead atoms. The number of carbonyl (C=O) groups is 1. The fourth-order valence-corrected chi connectivity index (χ4v) is 2.55. The average Bonchev–Trinajstić information content (AvgIpc) is 2.19. The van der Waals surface area contributed by atoms with Gasteiger partial charge in [-0.25, -0.2) is 9.18 Å². The van der Waals surface area contributed by atoms with Gasteiger partial charge >= 0.3 is 6.09 Å². The minimum Gasteiger partial charge on any atom is -0.444 e. The van der Waals surface area contributed by atoms with E-state index in [1.54, 1.807) is 0 Å². The van der Waals surface area contributed by atoms with Crippen LogP contribution in [0.5, 0.6) is 0 Å². The molecule has 0 aromatic rings. The Balaban J connectivity index is 2.66. The number of nitrogens with zero attached hydrogens (tertiary/aromatic N) is 1. The number of carbonyl (C=O) groups excluding carboxylic acids is 1. The normalized spacial score (nSPS) is 30.2. The number of hydrogen-bond donors (Lipinski definition) is 0. The molecule has 100 valence electrons. The lowest BCUT2D eigenvalue weighted by atomic mass is 9.86. The van der Waals surface area contributed by atoms with Gasteiger partial charge in [-0.1, -0.05) is 22.9 Å². The zero-order chi connectivity index (χ0) is 13.3. The van der Waals surface area contributed by atoms with Gasteiger partial charge in [0.2, 0.25) is 0 Å². The van der Waals surface area contributed by atoms with Gasteiger partial charge in [-0.05, 0) is 33.1 Å². The van der Waals surface area contributed by atoms with Crippen molar-refractivity contribution in [3.63, 3.8) is 0 Å². The second-order valence-corrected chi connectivity index (χ2v) is 6.32. The molecule has 2 unspecified atom stereocenters. The monoisotopic (exact) mass is 309 g/mol. The number of hydrogen-bond acceptors (Lipinski definition) is 2. The Morgan fingerprint density at radius 3 is 2.65 bits per heavy atom. The Bertz CT molecular complexity index is 293. The maximum atomic E-state index is 14.4. The molecule has 1 fully saturated rings. The van der Waals surface area contributed by atoms with Crippen LogP contribution in [0.15, 0.2) is 0 Å². The predicted molar refractivity (Wildman–Crippen MR) is 69.2 cm³/mol. The van der Waals surface area contributed by atoms with Crippen molar-refractivity contribution in [2.24, 2.45) is 5.92 Å². The number of amides is 1. The number of likely N-dealkylation sites (tertiary alicyclic amines) is 1. The molecule has 1 saturated heterocycles. The maximum absolute atomic E-state index is 14.4. The van der Waals surface area contributed by atoms with Crippen molar-refractivity contribution in [3.8, 4) is 0 Å². The molecular weight excluding hydrogens is 289 g/mol. The molecule has 0 spiro atoms. The third-order valence-electron chi connectivity index (χ3n) is 3.04. The molecule has 0 saturated carbocycles. The smallest absolute Gasteiger partial charge is 0.410 e. The van der Waals surface area contributed by atoms with Crippen LogP contribution in [-0.2, 0) is 4.74 Å². The Labute approximate surface area is 111 Å². The summed E-state index contributed by atoms with van der Waals surface area (Å²) in [6.45, 7) is 7.98. The second kappa shape index (κ2) is 5.12. The highest BCUT2D eigenvalue weighted by atomic mass is 79.9. The zero-order valence-corrected chi connectivity index (χ0v) is 12.5. The van der Waals surface area contributed by atoms with E-state index in [4.69, 9.17) is 4.74 Å². The summed E-state index contributed by atoms with van der Waals surface area (Å²) in [4.78, 5) is 13.3. The average molecular weight is 310 g/mol. The number of ether oxygens (including phenoxy) is 1. The van der Waals surface area contributed by atoms with Crippen molar-refractivity contribution in [1.29, 1.82) is 0 Å². The van der Waals surface area contributed by atoms with Crippen LogP contribution >= 0.6 is 15.9 Å². The highest BCUT2D eigenvalue weighted by molar-refractivity contribution is 9.09. The fraction of sp³-hybridized carbons (Fsp3) is 0.917. The van der Waals surface area contributed by atoms with Gasteiger partial charge in [0.05, 0.1) is 6.54 Å². The van der Waals surface area contributed by atoms with Crippen molar-refractivity contribution in [3.05, 3.63) is 0 Å². The summed E-state index contributed by atoms with van der Waals surface area (Å²) in [6, 6.07) is 0. The highest BCUT2D eigenvalue weighted by Gasteiger charge is 2.42. The Morgan fingerprint density at radius 1 is 1.59 bits per heavy atom. The summed E-state index contributed by atoms with van der Waals surface area (Å²) in [5.41, 5.74) is -1.89. The first-order valence-corrected chi connectivity index (χ1v) is 7.03. The Morgan fingerprint density at radius 2 is 2.18 bits per heavy atom. The first kappa shape index (κ1) is 14.7. The molecule has 0 aromatic carbocycles. The summed E-state index contributed by atoms with van der Waals surface area (Å²) < 4.78 is 19.7. The number of halogens is 2. The number of alkyl halides is 2. The summed E-state index contributed by atoms with van der Waals surface area (Å²) >= 11 is 3.19. The standard InChI is InChI=1S/C12H21BrFNO2/c1-9-5-6-15(8-12(9,14)7-13)10(16)17-11(2,3)4/h9H,5-8H2,1-4H3. The Hall–Kier alpha value is -0.320. The minimum atomic E-state index is -1.35. The SMILES string of the molecule is CC1CCN(C(=O)OC(C)(C)C)CC1(F)CBr. The lowest BCUT2D eigenvalue weighted by molar-refractivity contribution is -0.0160. The highest BCUT2D eigenvalue weighted by Crippen LogP contribution is 2.33. The van der Waals surface area contributed by atoms with E-state index in [0.717, 1.165) is 0 Å². The maximum Gasteiger partial charge on any atom is 0.410 e. The van der Waals surface area contributed by atoms with Crippen LogP contribution < -0.4 is 0 Å². The number of rotatable bonds is 1. The van der Waals surface area contributed by atoms with Crippen LogP contribution in [0.3, 0.4) is 0 Å². The lowest BCUT2D eigenvalue weighted by Crippen LogP contribution is -2.54. The van der Waals surface area contributed by atoms with Crippen LogP contribution in [-0.4, -0.2) is 40.7 Å². The number of piperidine rings is 1. The van der Waals surface area contributed by atoms with Gasteiger partial charge in [-0.2, -0.15) is 0 Å². The van der Waals surface area contributed by atoms with Crippen LogP contribution in [0, 0.1) is 5.92 Å². The Kier molecular flexibility index (Phi) is 4.44. The van der Waals surface area contributed by atoms with E-state index in [0.29, 0.717) is 13.0 Å². The van der Waals surface area contributed by atoms with E-state index in [9.17, 15) is 9.18 Å². The van der Waals surface area contributed by atoms with Crippen molar-refractivity contribution in [2.45, 2.75) is 45.4 Å². The molecule has 17 heavy (non-hydrogen) atoms. The predicted octanol–water partition coefficient (Wildman–Crippen LogP) is 3.37. The van der Waals surface area contributed by atoms with E-state index in [1.165, 1.54) is 4.90 Å². The fourth-order valence-electron chi connectivity index (χ4n) is 1.82. The van der Waals surface area contributed by atoms with Gasteiger partial charge in [0.1, 0.15) is 11.3 Å². The van der Waals surface area contributed by atoms with Gasteiger partial charge in [0.25, 0.3) is 0 Å². The molecule has 1 rings (SSSR count). The molecule has 1 heterocycles. The zero-order valence-electron chi connectivity index (χ0n) is 10.9. The molecule has 2 atom stereocenters. The first-order valence-electron chi connectivity index (χ1n) is 5.91. The molecule has 0 aliphatic carbocycles. The van der Waals surface area contributed by atoms with Crippen molar-refractivity contribution < 1.29 is 13.9 Å².